The van der Waals surface area contributed by atoms with Gasteiger partial charge in [-0.05, 0) is 71.9 Å². The molecule has 0 atom stereocenters. The summed E-state index contributed by atoms with van der Waals surface area (Å²) in [7, 11) is 0. The number of thiol groups is 1. The molecule has 0 unspecified atom stereocenters. The predicted molar refractivity (Wildman–Crippen MR) is 115 cm³/mol. The molecular weight excluding hydrogens is 431 g/mol. The van der Waals surface area contributed by atoms with Crippen LogP contribution in [0.15, 0.2) is 36.4 Å². The summed E-state index contributed by atoms with van der Waals surface area (Å²) < 4.78 is 12.2. The molecule has 0 amide bonds. The fourth-order valence-electron chi connectivity index (χ4n) is 2.66. The number of rotatable bonds is 6. The van der Waals surface area contributed by atoms with Crippen molar-refractivity contribution in [1.29, 1.82) is 0 Å². The zero-order valence-electron chi connectivity index (χ0n) is 16.0. The fraction of sp³-hybridized carbons (Fsp3) is 0.400. The van der Waals surface area contributed by atoms with Gasteiger partial charge in [0.2, 0.25) is 0 Å². The van der Waals surface area contributed by atoms with Crippen LogP contribution in [0, 0.1) is 13.8 Å². The third-order valence-corrected chi connectivity index (χ3v) is 5.80. The van der Waals surface area contributed by atoms with Crippen LogP contribution < -0.4 is 9.05 Å². The number of hydrogen-bond acceptors (Lipinski definition) is 3. The van der Waals surface area contributed by atoms with Crippen molar-refractivity contribution in [2.45, 2.75) is 53.4 Å². The zero-order valence-corrected chi connectivity index (χ0v) is 19.6. The average molecular weight is 458 g/mol. The predicted octanol–water partition coefficient (Wildman–Crippen LogP) is 7.16. The summed E-state index contributed by atoms with van der Waals surface area (Å²) in [5, 5.41) is 0. The van der Waals surface area contributed by atoms with Gasteiger partial charge >= 0.3 is 5.69 Å². The molecule has 1 radical (unpaired) electrons. The Balaban J connectivity index is 0.00000338. The number of aryl methyl sites for hydroxylation is 2. The standard InChI is InChI=1S/C20H27O2PS2.Cu/c1-13(2)17-9-7-15(5)11-19(17)21-23(24,25)22-20-12-16(6)8-10-18(20)14(3)4;/h7-14H,1-6H3,(H,24,25);. The largest absolute Gasteiger partial charge is 0.428 e. The van der Waals surface area contributed by atoms with Gasteiger partial charge in [-0.3, -0.25) is 0 Å². The molecule has 2 rings (SSSR count). The van der Waals surface area contributed by atoms with Crippen LogP contribution in [-0.2, 0) is 28.9 Å². The summed E-state index contributed by atoms with van der Waals surface area (Å²) >= 11 is 10.2. The van der Waals surface area contributed by atoms with Gasteiger partial charge in [0.15, 0.2) is 0 Å². The molecule has 0 aliphatic carbocycles. The van der Waals surface area contributed by atoms with E-state index in [1.54, 1.807) is 0 Å². The second-order valence-electron chi connectivity index (χ2n) is 7.04. The van der Waals surface area contributed by atoms with Gasteiger partial charge in [0.1, 0.15) is 11.5 Å². The van der Waals surface area contributed by atoms with E-state index in [9.17, 15) is 0 Å². The van der Waals surface area contributed by atoms with Gasteiger partial charge in [-0.2, -0.15) is 0 Å². The molecule has 147 valence electrons. The first-order valence-corrected chi connectivity index (χ1v) is 12.3. The molecular formula is C20H27CuO2PS2. The second-order valence-corrected chi connectivity index (χ2v) is 12.2. The Morgan fingerprint density at radius 3 is 1.46 bits per heavy atom. The van der Waals surface area contributed by atoms with Gasteiger partial charge in [0.25, 0.3) is 0 Å². The van der Waals surface area contributed by atoms with Crippen LogP contribution in [0.1, 0.15) is 61.8 Å². The molecule has 0 saturated carbocycles. The molecule has 0 aromatic heterocycles. The van der Waals surface area contributed by atoms with E-state index in [-0.39, 0.29) is 17.1 Å². The van der Waals surface area contributed by atoms with Crippen molar-refractivity contribution in [3.05, 3.63) is 58.7 Å². The number of benzene rings is 2. The Morgan fingerprint density at radius 2 is 1.15 bits per heavy atom. The van der Waals surface area contributed by atoms with Crippen molar-refractivity contribution in [3.8, 4) is 11.5 Å². The van der Waals surface area contributed by atoms with E-state index in [0.29, 0.717) is 11.8 Å². The zero-order chi connectivity index (χ0) is 18.8. The summed E-state index contributed by atoms with van der Waals surface area (Å²) in [6.45, 7) is 12.6. The first-order chi connectivity index (χ1) is 11.6. The molecule has 2 aromatic carbocycles. The van der Waals surface area contributed by atoms with E-state index in [2.05, 4.69) is 64.2 Å². The molecule has 0 bridgehead atoms. The Kier molecular flexibility index (Phi) is 8.77. The van der Waals surface area contributed by atoms with Crippen LogP contribution >= 0.6 is 17.9 Å². The second kappa shape index (κ2) is 9.66. The topological polar surface area (TPSA) is 18.5 Å². The van der Waals surface area contributed by atoms with Gasteiger partial charge in [-0.25, -0.2) is 0 Å². The third kappa shape index (κ3) is 6.32. The maximum Gasteiger partial charge on any atom is 0.345 e. The summed E-state index contributed by atoms with van der Waals surface area (Å²) in [4.78, 5) is 0. The molecule has 2 nitrogen and oxygen atoms in total. The Labute approximate surface area is 178 Å². The minimum Gasteiger partial charge on any atom is -0.428 e. The van der Waals surface area contributed by atoms with E-state index in [0.717, 1.165) is 33.8 Å². The maximum atomic E-state index is 6.12. The van der Waals surface area contributed by atoms with Crippen molar-refractivity contribution in [1.82, 2.24) is 0 Å². The van der Waals surface area contributed by atoms with Crippen molar-refractivity contribution >= 4 is 29.7 Å². The van der Waals surface area contributed by atoms with Gasteiger partial charge < -0.3 is 9.05 Å². The van der Waals surface area contributed by atoms with E-state index in [1.165, 1.54) is 0 Å². The quantitative estimate of drug-likeness (QED) is 0.282. The van der Waals surface area contributed by atoms with E-state index in [1.807, 2.05) is 26.0 Å². The van der Waals surface area contributed by atoms with Crippen LogP contribution in [0.2, 0.25) is 0 Å². The smallest absolute Gasteiger partial charge is 0.345 e. The SMILES string of the molecule is Cc1ccc(C(C)C)c(OP(=S)(S)Oc2cc(C)ccc2C(C)C)c1.[Cu]. The van der Waals surface area contributed by atoms with Gasteiger partial charge in [-0.1, -0.05) is 64.2 Å². The minimum absolute atomic E-state index is 0. The van der Waals surface area contributed by atoms with Crippen molar-refractivity contribution in [2.24, 2.45) is 0 Å². The van der Waals surface area contributed by atoms with Crippen LogP contribution in [0.4, 0.5) is 0 Å². The van der Waals surface area contributed by atoms with Crippen LogP contribution in [0.25, 0.3) is 0 Å². The molecule has 0 N–H and O–H groups in total. The summed E-state index contributed by atoms with van der Waals surface area (Å²) in [5.74, 6) is 2.22. The van der Waals surface area contributed by atoms with E-state index >= 15 is 0 Å². The molecule has 0 heterocycles. The van der Waals surface area contributed by atoms with E-state index < -0.39 is 5.69 Å². The molecule has 0 aliphatic heterocycles. The maximum absolute atomic E-state index is 6.12. The van der Waals surface area contributed by atoms with Crippen LogP contribution in [0.3, 0.4) is 0 Å². The van der Waals surface area contributed by atoms with Crippen LogP contribution in [0.5, 0.6) is 11.5 Å². The van der Waals surface area contributed by atoms with Crippen molar-refractivity contribution < 1.29 is 26.1 Å². The van der Waals surface area contributed by atoms with E-state index in [4.69, 9.17) is 20.9 Å². The van der Waals surface area contributed by atoms with Crippen molar-refractivity contribution in [2.75, 3.05) is 0 Å². The first-order valence-electron chi connectivity index (χ1n) is 8.52. The molecule has 6 heteroatoms. The fourth-order valence-corrected chi connectivity index (χ4v) is 4.52. The average Bonchev–Trinajstić information content (AvgIpc) is 2.45. The third-order valence-electron chi connectivity index (χ3n) is 4.01. The molecule has 0 aliphatic rings. The molecule has 2 aromatic rings. The monoisotopic (exact) mass is 457 g/mol. The Hall–Kier alpha value is -0.441. The Bertz CT molecular complexity index is 743. The van der Waals surface area contributed by atoms with Crippen molar-refractivity contribution in [3.63, 3.8) is 0 Å². The van der Waals surface area contributed by atoms with Gasteiger partial charge in [0, 0.05) is 17.1 Å². The molecule has 26 heavy (non-hydrogen) atoms. The van der Waals surface area contributed by atoms with Gasteiger partial charge in [0.05, 0.1) is 0 Å². The molecule has 0 fully saturated rings. The van der Waals surface area contributed by atoms with Crippen LogP contribution in [-0.4, -0.2) is 0 Å². The summed E-state index contributed by atoms with van der Waals surface area (Å²) in [6, 6.07) is 12.4. The molecule has 0 saturated heterocycles. The first kappa shape index (κ1) is 23.6. The normalized spacial score (nSPS) is 11.4. The summed E-state index contributed by atoms with van der Waals surface area (Å²) in [5.41, 5.74) is 1.70. The Morgan fingerprint density at radius 1 is 0.808 bits per heavy atom. The molecule has 0 spiro atoms. The number of hydrogen-bond donors (Lipinski definition) is 1. The minimum atomic E-state index is -2.78. The van der Waals surface area contributed by atoms with Gasteiger partial charge in [-0.15, -0.1) is 0 Å². The summed E-state index contributed by atoms with van der Waals surface area (Å²) in [6.07, 6.45) is 0.